The third-order valence-corrected chi connectivity index (χ3v) is 3.06. The number of rotatable bonds is 7. The summed E-state index contributed by atoms with van der Waals surface area (Å²) in [5.74, 6) is -0.0376. The highest BCUT2D eigenvalue weighted by Gasteiger charge is 2.29. The van der Waals surface area contributed by atoms with Gasteiger partial charge in [0, 0.05) is 5.69 Å². The molecule has 0 bridgehead atoms. The van der Waals surface area contributed by atoms with Gasteiger partial charge in [-0.3, -0.25) is 4.79 Å². The molecule has 1 amide bonds. The zero-order chi connectivity index (χ0) is 16.9. The van der Waals surface area contributed by atoms with Crippen molar-refractivity contribution >= 4 is 11.6 Å². The molecule has 0 radical (unpaired) electrons. The molecule has 0 heterocycles. The topological polar surface area (TPSA) is 71.4 Å². The SMILES string of the molecule is N#Cc1cc(NC(=O)COCC2CC2)ccc1OCC(F)(F)F. The van der Waals surface area contributed by atoms with Gasteiger partial charge < -0.3 is 14.8 Å². The number of anilines is 1. The Morgan fingerprint density at radius 3 is 2.74 bits per heavy atom. The molecule has 0 spiro atoms. The predicted molar refractivity (Wildman–Crippen MR) is 74.9 cm³/mol. The second kappa shape index (κ2) is 7.33. The van der Waals surface area contributed by atoms with Crippen LogP contribution in [0.15, 0.2) is 18.2 Å². The van der Waals surface area contributed by atoms with Crippen LogP contribution in [0.1, 0.15) is 18.4 Å². The predicted octanol–water partition coefficient (Wildman–Crippen LogP) is 2.86. The molecule has 1 aliphatic carbocycles. The standard InChI is InChI=1S/C15H15F3N2O3/c16-15(17,18)9-23-13-4-3-12(5-11(13)6-19)20-14(21)8-22-7-10-1-2-10/h3-5,10H,1-2,7-9H2,(H,20,21). The highest BCUT2D eigenvalue weighted by atomic mass is 19.4. The van der Waals surface area contributed by atoms with Gasteiger partial charge >= 0.3 is 6.18 Å². The van der Waals surface area contributed by atoms with E-state index in [4.69, 9.17) is 10.00 Å². The molecule has 23 heavy (non-hydrogen) atoms. The summed E-state index contributed by atoms with van der Waals surface area (Å²) in [4.78, 5) is 11.7. The van der Waals surface area contributed by atoms with E-state index in [1.165, 1.54) is 18.2 Å². The summed E-state index contributed by atoms with van der Waals surface area (Å²) in [7, 11) is 0. The fourth-order valence-corrected chi connectivity index (χ4v) is 1.78. The van der Waals surface area contributed by atoms with Gasteiger partial charge in [0.15, 0.2) is 6.61 Å². The van der Waals surface area contributed by atoms with Crippen molar-refractivity contribution in [1.82, 2.24) is 0 Å². The van der Waals surface area contributed by atoms with Crippen molar-refractivity contribution < 1.29 is 27.4 Å². The van der Waals surface area contributed by atoms with Crippen molar-refractivity contribution in [3.8, 4) is 11.8 Å². The van der Waals surface area contributed by atoms with Crippen molar-refractivity contribution in [2.75, 3.05) is 25.1 Å². The lowest BCUT2D eigenvalue weighted by molar-refractivity contribution is -0.153. The number of nitriles is 1. The molecule has 1 aliphatic rings. The van der Waals surface area contributed by atoms with Crippen molar-refractivity contribution in [2.45, 2.75) is 19.0 Å². The summed E-state index contributed by atoms with van der Waals surface area (Å²) in [6.45, 7) is -1.05. The zero-order valence-corrected chi connectivity index (χ0v) is 12.2. The molecule has 1 N–H and O–H groups in total. The largest absolute Gasteiger partial charge is 0.483 e. The van der Waals surface area contributed by atoms with Crippen LogP contribution in [-0.4, -0.2) is 31.9 Å². The van der Waals surface area contributed by atoms with Gasteiger partial charge in [-0.1, -0.05) is 0 Å². The van der Waals surface area contributed by atoms with E-state index in [1.807, 2.05) is 0 Å². The van der Waals surface area contributed by atoms with Crippen LogP contribution >= 0.6 is 0 Å². The number of hydrogen-bond donors (Lipinski definition) is 1. The third kappa shape index (κ3) is 6.16. The average molecular weight is 328 g/mol. The molecule has 1 aromatic carbocycles. The smallest absolute Gasteiger partial charge is 0.422 e. The number of carbonyl (C=O) groups is 1. The Kier molecular flexibility index (Phi) is 5.45. The summed E-state index contributed by atoms with van der Waals surface area (Å²) in [6.07, 6.45) is -2.25. The Morgan fingerprint density at radius 1 is 1.39 bits per heavy atom. The van der Waals surface area contributed by atoms with E-state index in [0.717, 1.165) is 12.8 Å². The lowest BCUT2D eigenvalue weighted by atomic mass is 10.2. The maximum absolute atomic E-state index is 12.1. The first-order chi connectivity index (χ1) is 10.9. The van der Waals surface area contributed by atoms with Crippen molar-refractivity contribution in [1.29, 1.82) is 5.26 Å². The maximum Gasteiger partial charge on any atom is 0.422 e. The lowest BCUT2D eigenvalue weighted by Crippen LogP contribution is -2.20. The number of alkyl halides is 3. The molecule has 8 heteroatoms. The fourth-order valence-electron chi connectivity index (χ4n) is 1.78. The molecule has 1 aromatic rings. The molecule has 1 saturated carbocycles. The molecule has 5 nitrogen and oxygen atoms in total. The average Bonchev–Trinajstić information content (AvgIpc) is 3.29. The van der Waals surface area contributed by atoms with E-state index >= 15 is 0 Å². The van der Waals surface area contributed by atoms with E-state index in [-0.39, 0.29) is 17.9 Å². The zero-order valence-electron chi connectivity index (χ0n) is 12.2. The molecule has 0 aromatic heterocycles. The minimum atomic E-state index is -4.49. The van der Waals surface area contributed by atoms with Gasteiger partial charge in [-0.05, 0) is 37.0 Å². The van der Waals surface area contributed by atoms with Gasteiger partial charge in [0.1, 0.15) is 18.4 Å². The number of hydrogen-bond acceptors (Lipinski definition) is 4. The van der Waals surface area contributed by atoms with Gasteiger partial charge in [0.25, 0.3) is 0 Å². The van der Waals surface area contributed by atoms with Crippen molar-refractivity contribution in [2.24, 2.45) is 5.92 Å². The number of carbonyl (C=O) groups excluding carboxylic acids is 1. The van der Waals surface area contributed by atoms with E-state index in [1.54, 1.807) is 6.07 Å². The number of amides is 1. The van der Waals surface area contributed by atoms with Crippen LogP contribution < -0.4 is 10.1 Å². The Hall–Kier alpha value is -2.27. The quantitative estimate of drug-likeness (QED) is 0.835. The molecular formula is C15H15F3N2O3. The molecule has 124 valence electrons. The second-order valence-corrected chi connectivity index (χ2v) is 5.23. The van der Waals surface area contributed by atoms with Crippen molar-refractivity contribution in [3.63, 3.8) is 0 Å². The van der Waals surface area contributed by atoms with E-state index < -0.39 is 18.7 Å². The van der Waals surface area contributed by atoms with Crippen LogP contribution in [0.3, 0.4) is 0 Å². The number of ether oxygens (including phenoxy) is 2. The first-order valence-corrected chi connectivity index (χ1v) is 6.98. The van der Waals surface area contributed by atoms with Gasteiger partial charge in [0.05, 0.1) is 12.2 Å². The van der Waals surface area contributed by atoms with E-state index in [9.17, 15) is 18.0 Å². The molecule has 0 saturated heterocycles. The summed E-state index contributed by atoms with van der Waals surface area (Å²) in [5, 5.41) is 11.5. The van der Waals surface area contributed by atoms with Crippen LogP contribution in [0.25, 0.3) is 0 Å². The summed E-state index contributed by atoms with van der Waals surface area (Å²) in [5.41, 5.74) is 0.201. The summed E-state index contributed by atoms with van der Waals surface area (Å²) in [6, 6.07) is 5.57. The molecule has 0 aliphatic heterocycles. The van der Waals surface area contributed by atoms with Crippen LogP contribution in [0.2, 0.25) is 0 Å². The molecular weight excluding hydrogens is 313 g/mol. The normalized spacial score (nSPS) is 14.2. The number of halogens is 3. The summed E-state index contributed by atoms with van der Waals surface area (Å²) >= 11 is 0. The second-order valence-electron chi connectivity index (χ2n) is 5.23. The Labute approximate surface area is 131 Å². The van der Waals surface area contributed by atoms with Gasteiger partial charge in [-0.15, -0.1) is 0 Å². The fraction of sp³-hybridized carbons (Fsp3) is 0.467. The van der Waals surface area contributed by atoms with Gasteiger partial charge in [-0.25, -0.2) is 0 Å². The Morgan fingerprint density at radius 2 is 2.13 bits per heavy atom. The van der Waals surface area contributed by atoms with Crippen LogP contribution in [0, 0.1) is 17.2 Å². The van der Waals surface area contributed by atoms with Crippen LogP contribution in [0.4, 0.5) is 18.9 Å². The van der Waals surface area contributed by atoms with Gasteiger partial charge in [0.2, 0.25) is 5.91 Å². The summed E-state index contributed by atoms with van der Waals surface area (Å²) < 4.78 is 46.2. The molecule has 0 atom stereocenters. The number of benzene rings is 1. The number of nitrogens with one attached hydrogen (secondary N) is 1. The van der Waals surface area contributed by atoms with E-state index in [2.05, 4.69) is 10.1 Å². The number of nitrogens with zero attached hydrogens (tertiary/aromatic N) is 1. The first-order valence-electron chi connectivity index (χ1n) is 6.98. The molecule has 1 fully saturated rings. The highest BCUT2D eigenvalue weighted by molar-refractivity contribution is 5.92. The van der Waals surface area contributed by atoms with Crippen molar-refractivity contribution in [3.05, 3.63) is 23.8 Å². The third-order valence-electron chi connectivity index (χ3n) is 3.06. The monoisotopic (exact) mass is 328 g/mol. The Balaban J connectivity index is 1.89. The minimum Gasteiger partial charge on any atom is -0.483 e. The minimum absolute atomic E-state index is 0.0917. The highest BCUT2D eigenvalue weighted by Crippen LogP contribution is 2.28. The molecule has 2 rings (SSSR count). The maximum atomic E-state index is 12.1. The van der Waals surface area contributed by atoms with E-state index in [0.29, 0.717) is 18.2 Å². The lowest BCUT2D eigenvalue weighted by Gasteiger charge is -2.12. The van der Waals surface area contributed by atoms with Crippen LogP contribution in [0.5, 0.6) is 5.75 Å². The van der Waals surface area contributed by atoms with Crippen LogP contribution in [-0.2, 0) is 9.53 Å². The first kappa shape index (κ1) is 17.1. The molecule has 0 unspecified atom stereocenters. The Bertz CT molecular complexity index is 607. The van der Waals surface area contributed by atoms with Gasteiger partial charge in [-0.2, -0.15) is 18.4 Å².